The molecule has 8 nitrogen and oxygen atoms in total. The van der Waals surface area contributed by atoms with E-state index in [9.17, 15) is 19.5 Å². The monoisotopic (exact) mass is 500 g/mol. The van der Waals surface area contributed by atoms with E-state index in [-0.39, 0.29) is 17.2 Å². The Morgan fingerprint density at radius 3 is 2.32 bits per heavy atom. The molecule has 1 unspecified atom stereocenters. The van der Waals surface area contributed by atoms with Crippen molar-refractivity contribution in [1.82, 2.24) is 0 Å². The molecule has 1 heterocycles. The molecule has 0 spiro atoms. The summed E-state index contributed by atoms with van der Waals surface area (Å²) in [5.74, 6) is -0.905. The second kappa shape index (κ2) is 11.0. The van der Waals surface area contributed by atoms with Gasteiger partial charge in [-0.05, 0) is 72.6 Å². The van der Waals surface area contributed by atoms with Gasteiger partial charge in [-0.1, -0.05) is 19.1 Å². The summed E-state index contributed by atoms with van der Waals surface area (Å²) in [4.78, 5) is 39.4. The summed E-state index contributed by atoms with van der Waals surface area (Å²) in [5.41, 5.74) is 1.93. The first kappa shape index (κ1) is 25.5. The zero-order valence-corrected chi connectivity index (χ0v) is 20.9. The van der Waals surface area contributed by atoms with E-state index in [1.54, 1.807) is 72.8 Å². The van der Waals surface area contributed by atoms with Crippen LogP contribution in [0.5, 0.6) is 11.5 Å². The molecule has 3 aromatic carbocycles. The molecule has 0 bridgehead atoms. The highest BCUT2D eigenvalue weighted by atomic mass is 16.5. The van der Waals surface area contributed by atoms with E-state index in [2.05, 4.69) is 5.32 Å². The average Bonchev–Trinajstić information content (AvgIpc) is 3.17. The number of nitrogens with zero attached hydrogens (tertiary/aromatic N) is 1. The minimum absolute atomic E-state index is 0.0357. The van der Waals surface area contributed by atoms with Gasteiger partial charge in [0.25, 0.3) is 11.7 Å². The molecule has 1 atom stereocenters. The highest BCUT2D eigenvalue weighted by Crippen LogP contribution is 2.43. The average molecular weight is 501 g/mol. The number of Topliss-reactive ketones (excluding diaryl/α,β-unsaturated/α-hetero) is 1. The van der Waals surface area contributed by atoms with Crippen LogP contribution in [0.1, 0.15) is 37.4 Å². The van der Waals surface area contributed by atoms with Gasteiger partial charge in [0.05, 0.1) is 25.3 Å². The van der Waals surface area contributed by atoms with Crippen molar-refractivity contribution in [3.8, 4) is 11.5 Å². The topological polar surface area (TPSA) is 105 Å². The van der Waals surface area contributed by atoms with Crippen LogP contribution in [0.2, 0.25) is 0 Å². The maximum atomic E-state index is 13.3. The highest BCUT2D eigenvalue weighted by Gasteiger charge is 2.47. The van der Waals surface area contributed by atoms with Crippen LogP contribution < -0.4 is 19.7 Å². The van der Waals surface area contributed by atoms with E-state index in [0.29, 0.717) is 40.6 Å². The van der Waals surface area contributed by atoms with Gasteiger partial charge in [0.2, 0.25) is 5.91 Å². The van der Waals surface area contributed by atoms with Gasteiger partial charge in [0.15, 0.2) is 0 Å². The summed E-state index contributed by atoms with van der Waals surface area (Å²) in [6.07, 6.45) is 0.859. The van der Waals surface area contributed by atoms with Gasteiger partial charge in [-0.25, -0.2) is 0 Å². The van der Waals surface area contributed by atoms with Gasteiger partial charge >= 0.3 is 0 Å². The first-order chi connectivity index (χ1) is 17.8. The van der Waals surface area contributed by atoms with Crippen molar-refractivity contribution in [2.45, 2.75) is 26.3 Å². The number of aliphatic hydroxyl groups is 1. The van der Waals surface area contributed by atoms with Crippen LogP contribution in [0.25, 0.3) is 5.76 Å². The normalized spacial score (nSPS) is 16.5. The number of methoxy groups -OCH3 is 1. The third-order valence-electron chi connectivity index (χ3n) is 5.92. The summed E-state index contributed by atoms with van der Waals surface area (Å²) in [5, 5.41) is 14.0. The number of ether oxygens (including phenoxy) is 2. The predicted octanol–water partition coefficient (Wildman–Crippen LogP) is 5.07. The Labute approximate surface area is 215 Å². The Balaban J connectivity index is 1.82. The van der Waals surface area contributed by atoms with Crippen molar-refractivity contribution in [2.75, 3.05) is 23.9 Å². The van der Waals surface area contributed by atoms with Crippen LogP contribution in [-0.4, -0.2) is 36.4 Å². The number of nitrogens with one attached hydrogen (secondary N) is 1. The predicted molar refractivity (Wildman–Crippen MR) is 141 cm³/mol. The van der Waals surface area contributed by atoms with Gasteiger partial charge < -0.3 is 19.9 Å². The van der Waals surface area contributed by atoms with Gasteiger partial charge in [0, 0.05) is 23.9 Å². The molecule has 2 N–H and O–H groups in total. The quantitative estimate of drug-likeness (QED) is 0.254. The van der Waals surface area contributed by atoms with Crippen LogP contribution >= 0.6 is 0 Å². The molecule has 2 amide bonds. The lowest BCUT2D eigenvalue weighted by Crippen LogP contribution is -2.29. The lowest BCUT2D eigenvalue weighted by Gasteiger charge is -2.26. The van der Waals surface area contributed by atoms with E-state index in [1.807, 2.05) is 6.92 Å². The van der Waals surface area contributed by atoms with Crippen LogP contribution in [0.15, 0.2) is 78.4 Å². The third kappa shape index (κ3) is 5.33. The Morgan fingerprint density at radius 2 is 1.70 bits per heavy atom. The maximum absolute atomic E-state index is 13.3. The molecule has 0 aliphatic carbocycles. The first-order valence-corrected chi connectivity index (χ1v) is 11.9. The Bertz CT molecular complexity index is 1350. The number of ketones is 1. The van der Waals surface area contributed by atoms with Crippen molar-refractivity contribution in [1.29, 1.82) is 0 Å². The third-order valence-corrected chi connectivity index (χ3v) is 5.92. The lowest BCUT2D eigenvalue weighted by atomic mass is 9.95. The fourth-order valence-electron chi connectivity index (χ4n) is 4.22. The summed E-state index contributed by atoms with van der Waals surface area (Å²) in [6, 6.07) is 19.4. The van der Waals surface area contributed by atoms with Crippen molar-refractivity contribution in [3.05, 3.63) is 89.5 Å². The summed E-state index contributed by atoms with van der Waals surface area (Å²) in [7, 11) is 1.53. The number of hydrogen-bond acceptors (Lipinski definition) is 6. The van der Waals surface area contributed by atoms with Crippen molar-refractivity contribution in [3.63, 3.8) is 0 Å². The summed E-state index contributed by atoms with van der Waals surface area (Å²) < 4.78 is 11.0. The SMILES string of the molecule is CCCOc1ccc(/C(O)=C2/C(=O)C(=O)N(c3ccc(NC(C)=O)cc3)C2c2cccc(OC)c2)cc1. The second-order valence-corrected chi connectivity index (χ2v) is 8.55. The highest BCUT2D eigenvalue weighted by molar-refractivity contribution is 6.51. The zero-order valence-electron chi connectivity index (χ0n) is 20.9. The van der Waals surface area contributed by atoms with Crippen molar-refractivity contribution in [2.24, 2.45) is 0 Å². The lowest BCUT2D eigenvalue weighted by molar-refractivity contribution is -0.132. The van der Waals surface area contributed by atoms with Gasteiger partial charge in [-0.3, -0.25) is 19.3 Å². The van der Waals surface area contributed by atoms with Crippen LogP contribution in [0.4, 0.5) is 11.4 Å². The molecule has 3 aromatic rings. The van der Waals surface area contributed by atoms with E-state index < -0.39 is 17.7 Å². The number of aliphatic hydroxyl groups excluding tert-OH is 1. The van der Waals surface area contributed by atoms with Gasteiger partial charge in [-0.2, -0.15) is 0 Å². The van der Waals surface area contributed by atoms with E-state index >= 15 is 0 Å². The Hall–Kier alpha value is -4.59. The first-order valence-electron chi connectivity index (χ1n) is 11.9. The second-order valence-electron chi connectivity index (χ2n) is 8.55. The fraction of sp³-hybridized carbons (Fsp3) is 0.207. The number of amides is 2. The molecule has 1 saturated heterocycles. The number of carbonyl (C=O) groups is 3. The molecule has 0 saturated carbocycles. The standard InChI is InChI=1S/C29H28N2O6/c1-4-16-37-23-14-8-19(9-15-23)27(33)25-26(20-6-5-7-24(17-20)36-3)31(29(35)28(25)34)22-12-10-21(11-13-22)30-18(2)32/h5-15,17,26,33H,4,16H2,1-3H3,(H,30,32)/b27-25-. The number of anilines is 2. The molecule has 0 aromatic heterocycles. The summed E-state index contributed by atoms with van der Waals surface area (Å²) in [6.45, 7) is 3.97. The van der Waals surface area contributed by atoms with Crippen LogP contribution in [-0.2, 0) is 14.4 Å². The molecule has 4 rings (SSSR count). The minimum atomic E-state index is -0.905. The number of benzene rings is 3. The number of carbonyl (C=O) groups excluding carboxylic acids is 3. The molecule has 0 radical (unpaired) electrons. The number of hydrogen-bond donors (Lipinski definition) is 2. The van der Waals surface area contributed by atoms with Crippen LogP contribution in [0.3, 0.4) is 0 Å². The fourth-order valence-corrected chi connectivity index (χ4v) is 4.22. The maximum Gasteiger partial charge on any atom is 0.300 e. The summed E-state index contributed by atoms with van der Waals surface area (Å²) >= 11 is 0. The van der Waals surface area contributed by atoms with Gasteiger partial charge in [-0.15, -0.1) is 0 Å². The van der Waals surface area contributed by atoms with Gasteiger partial charge in [0.1, 0.15) is 17.3 Å². The van der Waals surface area contributed by atoms with E-state index in [1.165, 1.54) is 18.9 Å². The largest absolute Gasteiger partial charge is 0.507 e. The molecule has 190 valence electrons. The van der Waals surface area contributed by atoms with Crippen molar-refractivity contribution < 1.29 is 29.0 Å². The zero-order chi connectivity index (χ0) is 26.5. The molecule has 1 aliphatic heterocycles. The minimum Gasteiger partial charge on any atom is -0.507 e. The van der Waals surface area contributed by atoms with E-state index in [4.69, 9.17) is 9.47 Å². The molecule has 1 aliphatic rings. The van der Waals surface area contributed by atoms with Crippen molar-refractivity contribution >= 4 is 34.7 Å². The number of rotatable bonds is 8. The molecule has 8 heteroatoms. The molecule has 37 heavy (non-hydrogen) atoms. The molecular weight excluding hydrogens is 472 g/mol. The van der Waals surface area contributed by atoms with E-state index in [0.717, 1.165) is 6.42 Å². The Morgan fingerprint density at radius 1 is 1.00 bits per heavy atom. The van der Waals surface area contributed by atoms with Crippen LogP contribution in [0, 0.1) is 0 Å². The molecule has 1 fully saturated rings. The molecular formula is C29H28N2O6. The smallest absolute Gasteiger partial charge is 0.300 e. The Kier molecular flexibility index (Phi) is 7.57.